The minimum atomic E-state index is -0.941. The van der Waals surface area contributed by atoms with E-state index in [1.165, 1.54) is 17.0 Å². The van der Waals surface area contributed by atoms with Crippen molar-refractivity contribution in [3.8, 4) is 0 Å². The Kier molecular flexibility index (Phi) is 4.29. The summed E-state index contributed by atoms with van der Waals surface area (Å²) in [6, 6.07) is 8.23. The van der Waals surface area contributed by atoms with Crippen LogP contribution in [0.1, 0.15) is 16.1 Å². The third-order valence-corrected chi connectivity index (χ3v) is 2.90. The summed E-state index contributed by atoms with van der Waals surface area (Å²) >= 11 is 5.72. The molecule has 0 saturated heterocycles. The molecule has 3 nitrogen and oxygen atoms in total. The SMILES string of the molecule is CN(Cc1ccc(F)c(F)c1)C(=O)c1cccc(Cl)n1. The lowest BCUT2D eigenvalue weighted by Gasteiger charge is -2.17. The van der Waals surface area contributed by atoms with Crippen LogP contribution in [0.15, 0.2) is 36.4 Å². The summed E-state index contributed by atoms with van der Waals surface area (Å²) in [7, 11) is 1.55. The van der Waals surface area contributed by atoms with Crippen LogP contribution in [0.3, 0.4) is 0 Å². The summed E-state index contributed by atoms with van der Waals surface area (Å²) in [5.41, 5.74) is 0.685. The summed E-state index contributed by atoms with van der Waals surface area (Å²) in [5, 5.41) is 0.220. The van der Waals surface area contributed by atoms with Crippen LogP contribution in [-0.2, 0) is 6.54 Å². The maximum absolute atomic E-state index is 13.1. The second kappa shape index (κ2) is 5.96. The molecule has 1 aromatic heterocycles. The monoisotopic (exact) mass is 296 g/mol. The van der Waals surface area contributed by atoms with E-state index in [-0.39, 0.29) is 23.3 Å². The van der Waals surface area contributed by atoms with Gasteiger partial charge in [-0.05, 0) is 29.8 Å². The average Bonchev–Trinajstić information content (AvgIpc) is 2.42. The Labute approximate surface area is 119 Å². The van der Waals surface area contributed by atoms with E-state index in [0.717, 1.165) is 12.1 Å². The van der Waals surface area contributed by atoms with Crippen molar-refractivity contribution in [2.45, 2.75) is 6.54 Å². The first kappa shape index (κ1) is 14.4. The molecule has 104 valence electrons. The van der Waals surface area contributed by atoms with E-state index in [1.807, 2.05) is 0 Å². The van der Waals surface area contributed by atoms with Crippen LogP contribution in [0, 0.1) is 11.6 Å². The zero-order valence-electron chi connectivity index (χ0n) is 10.6. The standard InChI is InChI=1S/C14H11ClF2N2O/c1-19(8-9-5-6-10(16)11(17)7-9)14(20)12-3-2-4-13(15)18-12/h2-7H,8H2,1H3. The van der Waals surface area contributed by atoms with Gasteiger partial charge in [-0.25, -0.2) is 13.8 Å². The highest BCUT2D eigenvalue weighted by molar-refractivity contribution is 6.29. The van der Waals surface area contributed by atoms with E-state index < -0.39 is 11.6 Å². The van der Waals surface area contributed by atoms with Crippen molar-refractivity contribution in [1.29, 1.82) is 0 Å². The van der Waals surface area contributed by atoms with Gasteiger partial charge in [0.1, 0.15) is 10.8 Å². The second-order valence-electron chi connectivity index (χ2n) is 4.26. The molecular formula is C14H11ClF2N2O. The molecule has 0 fully saturated rings. The highest BCUT2D eigenvalue weighted by Gasteiger charge is 2.14. The topological polar surface area (TPSA) is 33.2 Å². The maximum Gasteiger partial charge on any atom is 0.272 e. The molecular weight excluding hydrogens is 286 g/mol. The zero-order valence-corrected chi connectivity index (χ0v) is 11.4. The highest BCUT2D eigenvalue weighted by atomic mass is 35.5. The van der Waals surface area contributed by atoms with Crippen molar-refractivity contribution in [3.63, 3.8) is 0 Å². The third kappa shape index (κ3) is 3.30. The lowest BCUT2D eigenvalue weighted by atomic mass is 10.2. The Bertz CT molecular complexity index is 649. The van der Waals surface area contributed by atoms with Gasteiger partial charge in [-0.2, -0.15) is 0 Å². The summed E-state index contributed by atoms with van der Waals surface area (Å²) in [6.07, 6.45) is 0. The molecule has 0 saturated carbocycles. The molecule has 20 heavy (non-hydrogen) atoms. The van der Waals surface area contributed by atoms with Gasteiger partial charge in [0.2, 0.25) is 0 Å². The van der Waals surface area contributed by atoms with E-state index in [9.17, 15) is 13.6 Å². The van der Waals surface area contributed by atoms with Gasteiger partial charge >= 0.3 is 0 Å². The number of aromatic nitrogens is 1. The van der Waals surface area contributed by atoms with Gasteiger partial charge in [-0.3, -0.25) is 4.79 Å². The Balaban J connectivity index is 2.13. The minimum absolute atomic E-state index is 0.143. The molecule has 2 aromatic rings. The molecule has 1 amide bonds. The van der Waals surface area contributed by atoms with Gasteiger partial charge in [0, 0.05) is 13.6 Å². The number of hydrogen-bond donors (Lipinski definition) is 0. The van der Waals surface area contributed by atoms with Gasteiger partial charge in [0.05, 0.1) is 0 Å². The Morgan fingerprint density at radius 2 is 2.00 bits per heavy atom. The number of nitrogens with zero attached hydrogens (tertiary/aromatic N) is 2. The predicted octanol–water partition coefficient (Wildman–Crippen LogP) is 3.29. The number of carbonyl (C=O) groups is 1. The first-order valence-corrected chi connectivity index (χ1v) is 6.17. The van der Waals surface area contributed by atoms with E-state index >= 15 is 0 Å². The van der Waals surface area contributed by atoms with Gasteiger partial charge < -0.3 is 4.90 Å². The lowest BCUT2D eigenvalue weighted by molar-refractivity contribution is 0.0779. The number of rotatable bonds is 3. The fourth-order valence-electron chi connectivity index (χ4n) is 1.71. The summed E-state index contributed by atoms with van der Waals surface area (Å²) < 4.78 is 25.9. The fourth-order valence-corrected chi connectivity index (χ4v) is 1.87. The number of carbonyl (C=O) groups excluding carboxylic acids is 1. The van der Waals surface area contributed by atoms with Crippen molar-refractivity contribution in [3.05, 3.63) is 64.4 Å². The van der Waals surface area contributed by atoms with Crippen molar-refractivity contribution in [1.82, 2.24) is 9.88 Å². The van der Waals surface area contributed by atoms with E-state index in [0.29, 0.717) is 5.56 Å². The molecule has 2 rings (SSSR count). The third-order valence-electron chi connectivity index (χ3n) is 2.68. The fraction of sp³-hybridized carbons (Fsp3) is 0.143. The molecule has 0 aliphatic carbocycles. The van der Waals surface area contributed by atoms with E-state index in [4.69, 9.17) is 11.6 Å². The maximum atomic E-state index is 13.1. The number of benzene rings is 1. The van der Waals surface area contributed by atoms with Crippen LogP contribution in [0.25, 0.3) is 0 Å². The van der Waals surface area contributed by atoms with Crippen molar-refractivity contribution < 1.29 is 13.6 Å². The van der Waals surface area contributed by atoms with Gasteiger partial charge in [-0.15, -0.1) is 0 Å². The van der Waals surface area contributed by atoms with Gasteiger partial charge in [0.25, 0.3) is 5.91 Å². The smallest absolute Gasteiger partial charge is 0.272 e. The molecule has 0 radical (unpaired) electrons. The predicted molar refractivity (Wildman–Crippen MR) is 71.4 cm³/mol. The average molecular weight is 297 g/mol. The van der Waals surface area contributed by atoms with Crippen LogP contribution in [0.5, 0.6) is 0 Å². The molecule has 0 unspecified atom stereocenters. The molecule has 0 aliphatic rings. The molecule has 0 atom stereocenters. The first-order chi connectivity index (χ1) is 9.47. The Hall–Kier alpha value is -2.01. The Morgan fingerprint density at radius 3 is 2.65 bits per heavy atom. The number of amides is 1. The van der Waals surface area contributed by atoms with Crippen LogP contribution < -0.4 is 0 Å². The number of hydrogen-bond acceptors (Lipinski definition) is 2. The highest BCUT2D eigenvalue weighted by Crippen LogP contribution is 2.12. The van der Waals surface area contributed by atoms with Crippen molar-refractivity contribution in [2.75, 3.05) is 7.05 Å². The van der Waals surface area contributed by atoms with Crippen LogP contribution in [-0.4, -0.2) is 22.8 Å². The zero-order chi connectivity index (χ0) is 14.7. The van der Waals surface area contributed by atoms with Crippen molar-refractivity contribution >= 4 is 17.5 Å². The molecule has 1 aromatic carbocycles. The molecule has 0 aliphatic heterocycles. The Morgan fingerprint density at radius 1 is 1.25 bits per heavy atom. The van der Waals surface area contributed by atoms with Crippen LogP contribution >= 0.6 is 11.6 Å². The quantitative estimate of drug-likeness (QED) is 0.814. The normalized spacial score (nSPS) is 10.4. The number of pyridine rings is 1. The summed E-state index contributed by atoms with van der Waals surface area (Å²) in [5.74, 6) is -2.21. The van der Waals surface area contributed by atoms with Crippen LogP contribution in [0.2, 0.25) is 5.15 Å². The van der Waals surface area contributed by atoms with E-state index in [2.05, 4.69) is 4.98 Å². The van der Waals surface area contributed by atoms with Gasteiger partial charge in [-0.1, -0.05) is 23.7 Å². The largest absolute Gasteiger partial charge is 0.336 e. The van der Waals surface area contributed by atoms with Gasteiger partial charge in [0.15, 0.2) is 11.6 Å². The summed E-state index contributed by atoms with van der Waals surface area (Å²) in [6.45, 7) is 0.143. The van der Waals surface area contributed by atoms with Crippen LogP contribution in [0.4, 0.5) is 8.78 Å². The molecule has 0 bridgehead atoms. The molecule has 6 heteroatoms. The first-order valence-electron chi connectivity index (χ1n) is 5.79. The summed E-state index contributed by atoms with van der Waals surface area (Å²) in [4.78, 5) is 17.4. The molecule has 0 spiro atoms. The number of halogens is 3. The molecule has 1 heterocycles. The van der Waals surface area contributed by atoms with Crippen molar-refractivity contribution in [2.24, 2.45) is 0 Å². The molecule has 0 N–H and O–H groups in total. The lowest BCUT2D eigenvalue weighted by Crippen LogP contribution is -2.27. The van der Waals surface area contributed by atoms with E-state index in [1.54, 1.807) is 19.2 Å². The second-order valence-corrected chi connectivity index (χ2v) is 4.64. The minimum Gasteiger partial charge on any atom is -0.336 e.